The second kappa shape index (κ2) is 10.2. The van der Waals surface area contributed by atoms with Gasteiger partial charge in [-0.05, 0) is 38.5 Å². The molecule has 2 aromatic rings. The van der Waals surface area contributed by atoms with Crippen LogP contribution in [0.4, 0.5) is 8.78 Å². The third-order valence-corrected chi connectivity index (χ3v) is 7.77. The normalized spacial score (nSPS) is 19.0. The molecule has 1 fully saturated rings. The van der Waals surface area contributed by atoms with Crippen molar-refractivity contribution in [2.24, 2.45) is 5.92 Å². The maximum atomic E-state index is 12.8. The van der Waals surface area contributed by atoms with Gasteiger partial charge in [-0.25, -0.2) is 8.42 Å². The fourth-order valence-corrected chi connectivity index (χ4v) is 5.45. The summed E-state index contributed by atoms with van der Waals surface area (Å²) in [6.07, 6.45) is 5.70. The lowest BCUT2D eigenvalue weighted by atomic mass is 9.89. The minimum absolute atomic E-state index is 0.0229. The number of nitrogens with zero attached hydrogens (tertiary/aromatic N) is 3. The van der Waals surface area contributed by atoms with Crippen LogP contribution in [0.5, 0.6) is 5.75 Å². The maximum absolute atomic E-state index is 12.8. The zero-order chi connectivity index (χ0) is 24.3. The molecule has 1 saturated carbocycles. The smallest absolute Gasteiger partial charge is 0.387 e. The molecular weight excluding hydrogens is 482 g/mol. The van der Waals surface area contributed by atoms with Gasteiger partial charge >= 0.3 is 6.61 Å². The number of aromatic nitrogens is 3. The van der Waals surface area contributed by atoms with Gasteiger partial charge in [-0.15, -0.1) is 0 Å². The minimum atomic E-state index is -3.12. The van der Waals surface area contributed by atoms with Gasteiger partial charge in [0.25, 0.3) is 5.91 Å². The predicted molar refractivity (Wildman–Crippen MR) is 117 cm³/mol. The number of hydrogen-bond acceptors (Lipinski definition) is 6. The lowest BCUT2D eigenvalue weighted by molar-refractivity contribution is -0.604. The molecule has 1 aliphatic rings. The van der Waals surface area contributed by atoms with Gasteiger partial charge in [-0.3, -0.25) is 9.48 Å². The summed E-state index contributed by atoms with van der Waals surface area (Å²) in [6.45, 7) is -0.828. The first-order valence-electron chi connectivity index (χ1n) is 10.4. The molecule has 1 N–H and O–H groups in total. The Hall–Kier alpha value is -2.47. The number of halogens is 3. The Bertz CT molecular complexity index is 1120. The Morgan fingerprint density at radius 1 is 1.39 bits per heavy atom. The summed E-state index contributed by atoms with van der Waals surface area (Å²) < 4.78 is 55.3. The van der Waals surface area contributed by atoms with Gasteiger partial charge in [0.15, 0.2) is 18.1 Å². The number of hydrogen-bond donors (Lipinski definition) is 1. The van der Waals surface area contributed by atoms with Gasteiger partial charge in [0, 0.05) is 25.4 Å². The average Bonchev–Trinajstić information content (AvgIpc) is 3.09. The van der Waals surface area contributed by atoms with E-state index in [4.69, 9.17) is 11.6 Å². The highest BCUT2D eigenvalue weighted by Crippen LogP contribution is 2.36. The molecule has 0 spiro atoms. The monoisotopic (exact) mass is 506 g/mol. The highest BCUT2D eigenvalue weighted by molar-refractivity contribution is 7.91. The zero-order valence-corrected chi connectivity index (χ0v) is 19.7. The standard InChI is InChI=1S/C20H25ClF2N4O5S/c1-3-27-18(14-11-26(29)9-8-15(14)32-20(22)23)16(21)17(25-27)19(28)24-10-12-4-6-13(7-5-12)33(2,30)31/h8-9,11-13,20H,3-7,10H2,1-2H3,(H,24,28)/t12-,13-. The second-order valence-corrected chi connectivity index (χ2v) is 10.7. The van der Waals surface area contributed by atoms with Crippen LogP contribution in [0.25, 0.3) is 11.3 Å². The van der Waals surface area contributed by atoms with Crippen LogP contribution >= 0.6 is 11.6 Å². The van der Waals surface area contributed by atoms with Crippen LogP contribution in [0.2, 0.25) is 5.02 Å². The average molecular weight is 507 g/mol. The molecule has 0 aliphatic heterocycles. The molecule has 0 bridgehead atoms. The van der Waals surface area contributed by atoms with Gasteiger partial charge in [0.05, 0.1) is 16.0 Å². The number of sulfone groups is 1. The largest absolute Gasteiger partial charge is 0.619 e. The molecule has 2 aromatic heterocycles. The zero-order valence-electron chi connectivity index (χ0n) is 18.1. The van der Waals surface area contributed by atoms with E-state index in [1.165, 1.54) is 10.9 Å². The second-order valence-electron chi connectivity index (χ2n) is 7.97. The fraction of sp³-hybridized carbons (Fsp3) is 0.550. The van der Waals surface area contributed by atoms with Crippen molar-refractivity contribution in [3.8, 4) is 17.0 Å². The molecule has 0 radical (unpaired) electrons. The summed E-state index contributed by atoms with van der Waals surface area (Å²) in [6, 6.07) is 1.09. The summed E-state index contributed by atoms with van der Waals surface area (Å²) >= 11 is 6.42. The number of rotatable bonds is 8. The molecule has 0 atom stereocenters. The van der Waals surface area contributed by atoms with Crippen LogP contribution in [0, 0.1) is 11.1 Å². The van der Waals surface area contributed by atoms with Crippen LogP contribution in [0.1, 0.15) is 43.1 Å². The number of ether oxygens (including phenoxy) is 1. The Kier molecular flexibility index (Phi) is 7.78. The van der Waals surface area contributed by atoms with Crippen molar-refractivity contribution in [1.29, 1.82) is 0 Å². The first kappa shape index (κ1) is 25.2. The van der Waals surface area contributed by atoms with E-state index >= 15 is 0 Å². The van der Waals surface area contributed by atoms with Crippen LogP contribution in [0.3, 0.4) is 0 Å². The van der Waals surface area contributed by atoms with E-state index in [1.54, 1.807) is 6.92 Å². The highest BCUT2D eigenvalue weighted by Gasteiger charge is 2.30. The summed E-state index contributed by atoms with van der Waals surface area (Å²) in [7, 11) is -3.07. The van der Waals surface area contributed by atoms with Crippen molar-refractivity contribution in [3.05, 3.63) is 34.4 Å². The van der Waals surface area contributed by atoms with Gasteiger partial charge in [-0.1, -0.05) is 11.6 Å². The molecule has 0 aromatic carbocycles. The molecule has 13 heteroatoms. The number of carbonyl (C=O) groups excluding carboxylic acids is 1. The number of amides is 1. The third kappa shape index (κ3) is 5.91. The Morgan fingerprint density at radius 3 is 2.64 bits per heavy atom. The number of aryl methyl sites for hydroxylation is 1. The molecule has 3 rings (SSSR count). The summed E-state index contributed by atoms with van der Waals surface area (Å²) in [5, 5.41) is 18.3. The fourth-order valence-electron chi connectivity index (χ4n) is 4.00. The van der Waals surface area contributed by atoms with Crippen molar-refractivity contribution in [3.63, 3.8) is 0 Å². The number of nitrogens with one attached hydrogen (secondary N) is 1. The quantitative estimate of drug-likeness (QED) is 0.434. The lowest BCUT2D eigenvalue weighted by Gasteiger charge is -2.27. The Morgan fingerprint density at radius 2 is 2.06 bits per heavy atom. The molecular formula is C20H25ClF2N4O5S. The van der Waals surface area contributed by atoms with Crippen LogP contribution in [0.15, 0.2) is 18.5 Å². The number of pyridine rings is 1. The molecule has 1 amide bonds. The van der Waals surface area contributed by atoms with E-state index in [9.17, 15) is 27.2 Å². The molecule has 33 heavy (non-hydrogen) atoms. The summed E-state index contributed by atoms with van der Waals surface area (Å²) in [4.78, 5) is 12.8. The highest BCUT2D eigenvalue weighted by atomic mass is 35.5. The molecule has 9 nitrogen and oxygen atoms in total. The van der Waals surface area contributed by atoms with Gasteiger partial charge in [0.1, 0.15) is 21.2 Å². The topological polar surface area (TPSA) is 117 Å². The van der Waals surface area contributed by atoms with E-state index in [-0.39, 0.29) is 45.4 Å². The van der Waals surface area contributed by atoms with Crippen molar-refractivity contribution >= 4 is 27.3 Å². The van der Waals surface area contributed by atoms with Crippen molar-refractivity contribution < 1.29 is 31.5 Å². The molecule has 0 saturated heterocycles. The molecule has 2 heterocycles. The number of carbonyl (C=O) groups is 1. The molecule has 182 valence electrons. The number of alkyl halides is 2. The van der Waals surface area contributed by atoms with Crippen LogP contribution < -0.4 is 14.8 Å². The Labute approximate surface area is 195 Å². The van der Waals surface area contributed by atoms with Gasteiger partial charge in [-0.2, -0.15) is 18.6 Å². The van der Waals surface area contributed by atoms with Crippen LogP contribution in [-0.4, -0.2) is 48.8 Å². The Balaban J connectivity index is 1.79. The van der Waals surface area contributed by atoms with Crippen molar-refractivity contribution in [1.82, 2.24) is 15.1 Å². The van der Waals surface area contributed by atoms with E-state index in [1.807, 2.05) is 0 Å². The lowest BCUT2D eigenvalue weighted by Crippen LogP contribution is -2.34. The summed E-state index contributed by atoms with van der Waals surface area (Å²) in [5.74, 6) is -0.706. The first-order valence-corrected chi connectivity index (χ1v) is 12.8. The van der Waals surface area contributed by atoms with E-state index in [2.05, 4.69) is 15.2 Å². The van der Waals surface area contributed by atoms with Gasteiger partial charge < -0.3 is 15.3 Å². The third-order valence-electron chi connectivity index (χ3n) is 5.73. The van der Waals surface area contributed by atoms with E-state index in [0.717, 1.165) is 18.5 Å². The molecule has 0 unspecified atom stereocenters. The maximum Gasteiger partial charge on any atom is 0.387 e. The van der Waals surface area contributed by atoms with Crippen molar-refractivity contribution in [2.75, 3.05) is 12.8 Å². The predicted octanol–water partition coefficient (Wildman–Crippen LogP) is 2.79. The van der Waals surface area contributed by atoms with Gasteiger partial charge in [0.2, 0.25) is 0 Å². The minimum Gasteiger partial charge on any atom is -0.619 e. The molecule has 1 aliphatic carbocycles. The SMILES string of the molecule is CCn1nc(C(=O)NC[C@H]2CC[C@H](S(C)(=O)=O)CC2)c(Cl)c1-c1c[n+]([O-])ccc1OC(F)F. The first-order chi connectivity index (χ1) is 15.5. The van der Waals surface area contributed by atoms with E-state index < -0.39 is 22.4 Å². The van der Waals surface area contributed by atoms with Crippen molar-refractivity contribution in [2.45, 2.75) is 51.0 Å². The summed E-state index contributed by atoms with van der Waals surface area (Å²) in [5.41, 5.74) is -0.0215. The van der Waals surface area contributed by atoms with Crippen LogP contribution in [-0.2, 0) is 16.4 Å². The van der Waals surface area contributed by atoms with E-state index in [0.29, 0.717) is 37.0 Å².